The topological polar surface area (TPSA) is 323 Å². The van der Waals surface area contributed by atoms with Crippen LogP contribution in [0.25, 0.3) is 45.8 Å². The molecule has 0 radical (unpaired) electrons. The molecular formula is C26H18F6N13Nd2O9-. The molecule has 0 aliphatic rings. The van der Waals surface area contributed by atoms with Crippen molar-refractivity contribution in [3.8, 4) is 45.8 Å². The fourth-order valence-corrected chi connectivity index (χ4v) is 3.40. The van der Waals surface area contributed by atoms with Gasteiger partial charge < -0.3 is 25.7 Å². The summed E-state index contributed by atoms with van der Waals surface area (Å²) in [4.78, 5) is 48.6. The van der Waals surface area contributed by atoms with Crippen molar-refractivity contribution in [2.45, 2.75) is 12.4 Å². The minimum Gasteiger partial charge on any atom is -0.413 e. The maximum Gasteiger partial charge on any atom is 0.451 e. The first-order valence-corrected chi connectivity index (χ1v) is 13.5. The van der Waals surface area contributed by atoms with Crippen LogP contribution in [0.3, 0.4) is 0 Å². The van der Waals surface area contributed by atoms with Crippen LogP contribution in [0.1, 0.15) is 11.6 Å². The van der Waals surface area contributed by atoms with Gasteiger partial charge in [-0.05, 0) is 54.4 Å². The van der Waals surface area contributed by atoms with E-state index in [4.69, 9.17) is 46.0 Å². The molecule has 292 valence electrons. The Hall–Kier alpha value is -5.24. The van der Waals surface area contributed by atoms with Gasteiger partial charge in [0.1, 0.15) is 11.5 Å². The Balaban J connectivity index is 0.000000818. The molecular weight excluding hydrogens is 1040 g/mol. The average Bonchev–Trinajstić information content (AvgIpc) is 3.81. The van der Waals surface area contributed by atoms with Gasteiger partial charge in [0.2, 0.25) is 5.82 Å². The van der Waals surface area contributed by atoms with Crippen molar-refractivity contribution < 1.29 is 139 Å². The maximum absolute atomic E-state index is 12.5. The number of H-pyrrole nitrogens is 1. The number of rotatable bonds is 4. The van der Waals surface area contributed by atoms with Gasteiger partial charge in [0.05, 0.1) is 28.5 Å². The molecule has 22 nitrogen and oxygen atoms in total. The van der Waals surface area contributed by atoms with E-state index < -0.39 is 39.3 Å². The quantitative estimate of drug-likeness (QED) is 0.107. The van der Waals surface area contributed by atoms with Gasteiger partial charge in [0.25, 0.3) is 15.3 Å². The number of halogens is 6. The van der Waals surface area contributed by atoms with Crippen LogP contribution in [-0.4, -0.2) is 76.1 Å². The summed E-state index contributed by atoms with van der Waals surface area (Å²) >= 11 is 0. The Morgan fingerprint density at radius 1 is 0.571 bits per heavy atom. The Bertz CT molecular complexity index is 1940. The first-order valence-electron chi connectivity index (χ1n) is 13.5. The van der Waals surface area contributed by atoms with E-state index in [1.54, 1.807) is 73.1 Å². The van der Waals surface area contributed by atoms with Crippen molar-refractivity contribution in [2.75, 3.05) is 0 Å². The second kappa shape index (κ2) is 24.3. The van der Waals surface area contributed by atoms with E-state index in [2.05, 4.69) is 45.2 Å². The van der Waals surface area contributed by atoms with Crippen molar-refractivity contribution >= 4 is 0 Å². The van der Waals surface area contributed by atoms with Gasteiger partial charge in [-0.15, -0.1) is 30.3 Å². The van der Waals surface area contributed by atoms with E-state index in [-0.39, 0.29) is 105 Å². The monoisotopic (exact) mass is 1050 g/mol. The molecule has 56 heavy (non-hydrogen) atoms. The van der Waals surface area contributed by atoms with Crippen molar-refractivity contribution in [1.82, 2.24) is 50.3 Å². The standard InChI is InChI=1S/C13H8F3N5.C13H7F3N5.3HNO3.2Nd/c2*14-13(15,16)12-19-11(20-21-12)10-6-3-5-9(18-10)8-4-1-2-7-17-8;3*2-1(3)4;;/h1-7H,(H,19,20,21);1-7H;3*(H,2,3,4);;/q;-1;;;;;. The number of nitrogens with zero attached hydrogens (tertiary/aromatic N) is 12. The molecule has 6 aromatic rings. The van der Waals surface area contributed by atoms with E-state index in [0.29, 0.717) is 22.8 Å². The molecule has 0 amide bonds. The Labute approximate surface area is 371 Å². The second-order valence-electron chi connectivity index (χ2n) is 8.92. The van der Waals surface area contributed by atoms with Crippen LogP contribution in [0.4, 0.5) is 26.3 Å². The molecule has 0 saturated carbocycles. The molecule has 0 aliphatic heterocycles. The molecule has 4 N–H and O–H groups in total. The number of hydrogen-bond donors (Lipinski definition) is 4. The van der Waals surface area contributed by atoms with Gasteiger partial charge in [-0.3, -0.25) is 20.2 Å². The Morgan fingerprint density at radius 3 is 1.36 bits per heavy atom. The molecule has 30 heteroatoms. The molecule has 6 heterocycles. The van der Waals surface area contributed by atoms with Crippen LogP contribution in [0.15, 0.2) is 85.2 Å². The van der Waals surface area contributed by atoms with E-state index in [9.17, 15) is 26.3 Å². The van der Waals surface area contributed by atoms with Gasteiger partial charge in [-0.25, -0.2) is 15.0 Å². The van der Waals surface area contributed by atoms with E-state index in [0.717, 1.165) is 0 Å². The van der Waals surface area contributed by atoms with Crippen LogP contribution in [0, 0.1) is 112 Å². The van der Waals surface area contributed by atoms with Crippen LogP contribution >= 0.6 is 0 Å². The normalized spacial score (nSPS) is 9.96. The summed E-state index contributed by atoms with van der Waals surface area (Å²) < 4.78 is 74.9. The second-order valence-corrected chi connectivity index (χ2v) is 8.92. The van der Waals surface area contributed by atoms with E-state index in [1.165, 1.54) is 12.1 Å². The van der Waals surface area contributed by atoms with Crippen molar-refractivity contribution in [3.63, 3.8) is 0 Å². The zero-order valence-corrected chi connectivity index (χ0v) is 33.4. The molecule has 0 saturated heterocycles. The van der Waals surface area contributed by atoms with Crippen molar-refractivity contribution in [3.05, 3.63) is 127 Å². The third-order valence-electron chi connectivity index (χ3n) is 5.27. The number of aromatic nitrogens is 10. The van der Waals surface area contributed by atoms with Crippen LogP contribution in [0.5, 0.6) is 0 Å². The Morgan fingerprint density at radius 2 is 0.982 bits per heavy atom. The van der Waals surface area contributed by atoms with E-state index in [1.807, 2.05) is 5.10 Å². The predicted octanol–water partition coefficient (Wildman–Crippen LogP) is 4.48. The zero-order valence-electron chi connectivity index (χ0n) is 27.0. The molecule has 6 rings (SSSR count). The molecule has 0 atom stereocenters. The van der Waals surface area contributed by atoms with E-state index >= 15 is 0 Å². The van der Waals surface area contributed by atoms with Crippen LogP contribution < -0.4 is 5.10 Å². The number of pyridine rings is 4. The number of hydrogen-bond acceptors (Lipinski definition) is 14. The SMILES string of the molecule is FC(F)(F)c1n[n-]c(-c2cccc(-c3ccccn3)n2)n1.FC(F)(F)c1nc(-c2cccc(-c3ccccn3)n2)n[nH]1.O=[N+]([O-])O.O=[N+]([O-])O.O=[N+]([O-])O.[Nd].[Nd]. The van der Waals surface area contributed by atoms with Gasteiger partial charge in [0.15, 0.2) is 5.82 Å². The predicted molar refractivity (Wildman–Crippen MR) is 161 cm³/mol. The first kappa shape index (κ1) is 50.8. The molecule has 6 aromatic heterocycles. The largest absolute Gasteiger partial charge is 0.451 e. The molecule has 0 aliphatic carbocycles. The number of nitrogens with one attached hydrogen (secondary N) is 1. The van der Waals surface area contributed by atoms with Gasteiger partial charge in [-0.2, -0.15) is 31.4 Å². The molecule has 0 spiro atoms. The van der Waals surface area contributed by atoms with Crippen molar-refractivity contribution in [2.24, 2.45) is 0 Å². The molecule has 0 unspecified atom stereocenters. The molecule has 0 fully saturated rings. The zero-order chi connectivity index (χ0) is 40.5. The molecule has 0 bridgehead atoms. The van der Waals surface area contributed by atoms with Gasteiger partial charge in [0, 0.05) is 94.1 Å². The summed E-state index contributed by atoms with van der Waals surface area (Å²) in [5.74, 6) is -2.70. The Kier molecular flexibility index (Phi) is 22.0. The number of alkyl halides is 6. The minimum absolute atomic E-state index is 0. The van der Waals surface area contributed by atoms with Gasteiger partial charge >= 0.3 is 12.4 Å². The third-order valence-corrected chi connectivity index (χ3v) is 5.27. The summed E-state index contributed by atoms with van der Waals surface area (Å²) in [6.45, 7) is 0. The average molecular weight is 1060 g/mol. The minimum atomic E-state index is -4.62. The van der Waals surface area contributed by atoms with Crippen LogP contribution in [0.2, 0.25) is 0 Å². The smallest absolute Gasteiger partial charge is 0.413 e. The fourth-order valence-electron chi connectivity index (χ4n) is 3.40. The molecule has 0 aromatic carbocycles. The third kappa shape index (κ3) is 18.9. The number of aromatic amines is 1. The van der Waals surface area contributed by atoms with Crippen LogP contribution in [-0.2, 0) is 12.4 Å². The van der Waals surface area contributed by atoms with Gasteiger partial charge in [-0.1, -0.05) is 24.3 Å². The van der Waals surface area contributed by atoms with Crippen molar-refractivity contribution in [1.29, 1.82) is 0 Å². The first-order chi connectivity index (χ1) is 25.3. The fraction of sp³-hybridized carbons (Fsp3) is 0.0769. The maximum atomic E-state index is 12.5. The summed E-state index contributed by atoms with van der Waals surface area (Å²) in [7, 11) is 0. The summed E-state index contributed by atoms with van der Waals surface area (Å²) in [5, 5.41) is 52.8. The summed E-state index contributed by atoms with van der Waals surface area (Å²) in [6, 6.07) is 20.4. The summed E-state index contributed by atoms with van der Waals surface area (Å²) in [5.41, 5.74) is 2.73. The summed E-state index contributed by atoms with van der Waals surface area (Å²) in [6.07, 6.45) is -5.97.